The molecule has 110 valence electrons. The summed E-state index contributed by atoms with van der Waals surface area (Å²) in [6, 6.07) is 7.43. The van der Waals surface area contributed by atoms with Crippen LogP contribution in [-0.4, -0.2) is 49.3 Å². The van der Waals surface area contributed by atoms with Crippen LogP contribution in [0.5, 0.6) is 5.75 Å². The van der Waals surface area contributed by atoms with Crippen LogP contribution in [0.25, 0.3) is 0 Å². The van der Waals surface area contributed by atoms with E-state index in [1.54, 1.807) is 6.07 Å². The van der Waals surface area contributed by atoms with Gasteiger partial charge in [-0.2, -0.15) is 0 Å². The van der Waals surface area contributed by atoms with Gasteiger partial charge in [-0.05, 0) is 36.1 Å². The molecule has 0 aromatic heterocycles. The van der Waals surface area contributed by atoms with E-state index in [0.29, 0.717) is 11.2 Å². The molecule has 4 nitrogen and oxygen atoms in total. The van der Waals surface area contributed by atoms with Crippen LogP contribution in [0.2, 0.25) is 0 Å². The van der Waals surface area contributed by atoms with Gasteiger partial charge in [0.05, 0.1) is 12.7 Å². The molecule has 0 amide bonds. The molecule has 2 fully saturated rings. The topological polar surface area (TPSA) is 44.7 Å². The summed E-state index contributed by atoms with van der Waals surface area (Å²) in [5, 5.41) is 13.1. The number of ether oxygens (including phenoxy) is 1. The van der Waals surface area contributed by atoms with Crippen LogP contribution in [0.3, 0.4) is 0 Å². The van der Waals surface area contributed by atoms with Gasteiger partial charge in [-0.3, -0.25) is 4.90 Å². The molecule has 2 saturated heterocycles. The lowest BCUT2D eigenvalue weighted by atomic mass is 9.89. The predicted molar refractivity (Wildman–Crippen MR) is 78.8 cm³/mol. The van der Waals surface area contributed by atoms with Crippen molar-refractivity contribution in [1.29, 1.82) is 0 Å². The van der Waals surface area contributed by atoms with Gasteiger partial charge in [0.25, 0.3) is 0 Å². The third kappa shape index (κ3) is 3.14. The maximum absolute atomic E-state index is 9.60. The van der Waals surface area contributed by atoms with Crippen molar-refractivity contribution in [3.63, 3.8) is 0 Å². The van der Waals surface area contributed by atoms with Gasteiger partial charge in [-0.1, -0.05) is 19.1 Å². The maximum Gasteiger partial charge on any atom is 0.115 e. The lowest BCUT2D eigenvalue weighted by Crippen LogP contribution is -2.44. The number of morpholine rings is 1. The zero-order valence-electron chi connectivity index (χ0n) is 12.1. The SMILES string of the molecule is CC1(CN2CCOC(c3cccc(O)c3)C2)CCNC1. The van der Waals surface area contributed by atoms with Crippen molar-refractivity contribution in [2.45, 2.75) is 19.4 Å². The Morgan fingerprint density at radius 2 is 2.40 bits per heavy atom. The zero-order valence-corrected chi connectivity index (χ0v) is 12.1. The van der Waals surface area contributed by atoms with Gasteiger partial charge < -0.3 is 15.2 Å². The van der Waals surface area contributed by atoms with E-state index in [9.17, 15) is 5.11 Å². The highest BCUT2D eigenvalue weighted by Crippen LogP contribution is 2.29. The smallest absolute Gasteiger partial charge is 0.115 e. The van der Waals surface area contributed by atoms with E-state index in [1.807, 2.05) is 18.2 Å². The molecular formula is C16H24N2O2. The number of aromatic hydroxyl groups is 1. The third-order valence-corrected chi connectivity index (χ3v) is 4.46. The number of phenolic OH excluding ortho intramolecular Hbond substituents is 1. The number of benzene rings is 1. The van der Waals surface area contributed by atoms with Crippen molar-refractivity contribution in [2.24, 2.45) is 5.41 Å². The molecule has 20 heavy (non-hydrogen) atoms. The largest absolute Gasteiger partial charge is 0.508 e. The van der Waals surface area contributed by atoms with Crippen molar-refractivity contribution in [2.75, 3.05) is 39.3 Å². The summed E-state index contributed by atoms with van der Waals surface area (Å²) < 4.78 is 5.88. The number of hydrogen-bond acceptors (Lipinski definition) is 4. The van der Waals surface area contributed by atoms with Gasteiger partial charge in [0.1, 0.15) is 5.75 Å². The molecule has 1 aromatic carbocycles. The van der Waals surface area contributed by atoms with Crippen LogP contribution in [0, 0.1) is 5.41 Å². The highest BCUT2D eigenvalue weighted by Gasteiger charge is 2.33. The summed E-state index contributed by atoms with van der Waals surface area (Å²) in [6.07, 6.45) is 1.33. The Hall–Kier alpha value is -1.10. The molecule has 0 aliphatic carbocycles. The standard InChI is InChI=1S/C16H24N2O2/c1-16(5-6-17-11-16)12-18-7-8-20-15(10-18)13-3-2-4-14(19)9-13/h2-4,9,15,17,19H,5-8,10-12H2,1H3. The van der Waals surface area contributed by atoms with Crippen molar-refractivity contribution >= 4 is 0 Å². The molecule has 0 bridgehead atoms. The minimum atomic E-state index is 0.0776. The summed E-state index contributed by atoms with van der Waals surface area (Å²) >= 11 is 0. The Morgan fingerprint density at radius 1 is 1.50 bits per heavy atom. The Balaban J connectivity index is 1.64. The summed E-state index contributed by atoms with van der Waals surface area (Å²) in [5.74, 6) is 0.315. The summed E-state index contributed by atoms with van der Waals surface area (Å²) in [7, 11) is 0. The van der Waals surface area contributed by atoms with Crippen molar-refractivity contribution in [1.82, 2.24) is 10.2 Å². The normalized spacial score (nSPS) is 31.6. The fraction of sp³-hybridized carbons (Fsp3) is 0.625. The number of hydrogen-bond donors (Lipinski definition) is 2. The molecule has 0 spiro atoms. The second-order valence-corrected chi connectivity index (χ2v) is 6.43. The molecule has 2 unspecified atom stereocenters. The first-order valence-corrected chi connectivity index (χ1v) is 7.48. The molecule has 4 heteroatoms. The van der Waals surface area contributed by atoms with Crippen LogP contribution < -0.4 is 5.32 Å². The van der Waals surface area contributed by atoms with E-state index < -0.39 is 0 Å². The number of phenols is 1. The number of nitrogens with zero attached hydrogens (tertiary/aromatic N) is 1. The van der Waals surface area contributed by atoms with E-state index >= 15 is 0 Å². The Morgan fingerprint density at radius 3 is 3.15 bits per heavy atom. The molecule has 3 rings (SSSR count). The molecule has 2 heterocycles. The van der Waals surface area contributed by atoms with Crippen molar-refractivity contribution < 1.29 is 9.84 Å². The monoisotopic (exact) mass is 276 g/mol. The highest BCUT2D eigenvalue weighted by molar-refractivity contribution is 5.29. The lowest BCUT2D eigenvalue weighted by molar-refractivity contribution is -0.0401. The predicted octanol–water partition coefficient (Wildman–Crippen LogP) is 1.77. The lowest BCUT2D eigenvalue weighted by Gasteiger charge is -2.37. The highest BCUT2D eigenvalue weighted by atomic mass is 16.5. The summed E-state index contributed by atoms with van der Waals surface area (Å²) in [5.41, 5.74) is 1.46. The quantitative estimate of drug-likeness (QED) is 0.883. The Kier molecular flexibility index (Phi) is 3.96. The first-order valence-electron chi connectivity index (χ1n) is 7.48. The summed E-state index contributed by atoms with van der Waals surface area (Å²) in [6.45, 7) is 8.43. The molecule has 0 saturated carbocycles. The minimum absolute atomic E-state index is 0.0776. The molecule has 2 aliphatic rings. The van der Waals surface area contributed by atoms with E-state index in [0.717, 1.165) is 44.9 Å². The van der Waals surface area contributed by atoms with E-state index in [2.05, 4.69) is 17.1 Å². The Bertz CT molecular complexity index is 458. The fourth-order valence-electron chi connectivity index (χ4n) is 3.32. The average molecular weight is 276 g/mol. The van der Waals surface area contributed by atoms with Crippen LogP contribution in [0.15, 0.2) is 24.3 Å². The molecule has 0 radical (unpaired) electrons. The van der Waals surface area contributed by atoms with Gasteiger partial charge in [0, 0.05) is 26.2 Å². The second-order valence-electron chi connectivity index (χ2n) is 6.43. The molecular weight excluding hydrogens is 252 g/mol. The van der Waals surface area contributed by atoms with E-state index in [-0.39, 0.29) is 6.10 Å². The van der Waals surface area contributed by atoms with Crippen LogP contribution in [-0.2, 0) is 4.74 Å². The van der Waals surface area contributed by atoms with Gasteiger partial charge in [0.2, 0.25) is 0 Å². The number of nitrogens with one attached hydrogen (secondary N) is 1. The molecule has 1 aromatic rings. The third-order valence-electron chi connectivity index (χ3n) is 4.46. The Labute approximate surface area is 120 Å². The van der Waals surface area contributed by atoms with Crippen LogP contribution in [0.4, 0.5) is 0 Å². The van der Waals surface area contributed by atoms with Crippen LogP contribution in [0.1, 0.15) is 25.0 Å². The second kappa shape index (κ2) is 5.72. The molecule has 2 atom stereocenters. The average Bonchev–Trinajstić information content (AvgIpc) is 2.85. The van der Waals surface area contributed by atoms with E-state index in [1.165, 1.54) is 6.42 Å². The van der Waals surface area contributed by atoms with Gasteiger partial charge in [-0.15, -0.1) is 0 Å². The van der Waals surface area contributed by atoms with Crippen molar-refractivity contribution in [3.05, 3.63) is 29.8 Å². The van der Waals surface area contributed by atoms with Crippen LogP contribution >= 0.6 is 0 Å². The van der Waals surface area contributed by atoms with Gasteiger partial charge in [0.15, 0.2) is 0 Å². The number of rotatable bonds is 3. The maximum atomic E-state index is 9.60. The van der Waals surface area contributed by atoms with Gasteiger partial charge >= 0.3 is 0 Å². The fourth-order valence-corrected chi connectivity index (χ4v) is 3.32. The molecule has 2 aliphatic heterocycles. The zero-order chi connectivity index (χ0) is 14.0. The first kappa shape index (κ1) is 13.9. The summed E-state index contributed by atoms with van der Waals surface area (Å²) in [4.78, 5) is 2.51. The van der Waals surface area contributed by atoms with Crippen molar-refractivity contribution in [3.8, 4) is 5.75 Å². The molecule has 2 N–H and O–H groups in total. The first-order chi connectivity index (χ1) is 9.65. The minimum Gasteiger partial charge on any atom is -0.508 e. The van der Waals surface area contributed by atoms with Gasteiger partial charge in [-0.25, -0.2) is 0 Å². The van der Waals surface area contributed by atoms with E-state index in [4.69, 9.17) is 4.74 Å².